The number of nitrogens with zero attached hydrogens (tertiary/aromatic N) is 3. The first-order chi connectivity index (χ1) is 10.5. The highest BCUT2D eigenvalue weighted by atomic mass is 16.5. The molecule has 0 fully saturated rings. The van der Waals surface area contributed by atoms with E-state index in [-0.39, 0.29) is 12.3 Å². The van der Waals surface area contributed by atoms with Gasteiger partial charge in [0.25, 0.3) is 0 Å². The largest absolute Gasteiger partial charge is 0.360 e. The molecule has 0 aliphatic rings. The summed E-state index contributed by atoms with van der Waals surface area (Å²) >= 11 is 0. The first-order valence-corrected chi connectivity index (χ1v) is 7.21. The van der Waals surface area contributed by atoms with Crippen molar-refractivity contribution >= 4 is 22.8 Å². The molecular weight excluding hydrogens is 280 g/mol. The molecule has 1 aromatic carbocycles. The second-order valence-electron chi connectivity index (χ2n) is 5.62. The Balaban J connectivity index is 1.75. The van der Waals surface area contributed by atoms with Gasteiger partial charge in [-0.2, -0.15) is 0 Å². The molecule has 0 radical (unpaired) electrons. The zero-order chi connectivity index (χ0) is 15.7. The lowest BCUT2D eigenvalue weighted by atomic mass is 10.1. The average Bonchev–Trinajstić information content (AvgIpc) is 3.04. The Hall–Kier alpha value is -2.63. The number of hydrogen-bond donors (Lipinski definition) is 1. The summed E-state index contributed by atoms with van der Waals surface area (Å²) in [5, 5.41) is 6.46. The molecule has 6 nitrogen and oxygen atoms in total. The third-order valence-electron chi connectivity index (χ3n) is 3.46. The van der Waals surface area contributed by atoms with Gasteiger partial charge in [0.1, 0.15) is 5.76 Å². The zero-order valence-corrected chi connectivity index (χ0v) is 12.8. The SMILES string of the molecule is Cc1cc(NC(=O)Cc2ccc3c(c2)ncn3C(C)C)no1. The molecule has 2 heterocycles. The van der Waals surface area contributed by atoms with Crippen LogP contribution in [-0.4, -0.2) is 20.6 Å². The molecule has 0 bridgehead atoms. The average molecular weight is 298 g/mol. The van der Waals surface area contributed by atoms with Gasteiger partial charge < -0.3 is 14.4 Å². The van der Waals surface area contributed by atoms with E-state index in [2.05, 4.69) is 33.9 Å². The predicted molar refractivity (Wildman–Crippen MR) is 83.7 cm³/mol. The molecule has 0 aliphatic carbocycles. The molecule has 1 N–H and O–H groups in total. The zero-order valence-electron chi connectivity index (χ0n) is 12.8. The summed E-state index contributed by atoms with van der Waals surface area (Å²) in [7, 11) is 0. The number of rotatable bonds is 4. The van der Waals surface area contributed by atoms with Crippen LogP contribution in [0.1, 0.15) is 31.2 Å². The van der Waals surface area contributed by atoms with Crippen LogP contribution in [0.5, 0.6) is 0 Å². The third kappa shape index (κ3) is 2.86. The summed E-state index contributed by atoms with van der Waals surface area (Å²) in [5.74, 6) is 0.972. The molecule has 0 atom stereocenters. The first-order valence-electron chi connectivity index (χ1n) is 7.21. The summed E-state index contributed by atoms with van der Waals surface area (Å²) in [5.41, 5.74) is 2.89. The van der Waals surface area contributed by atoms with Gasteiger partial charge in [0.15, 0.2) is 5.82 Å². The minimum absolute atomic E-state index is 0.129. The van der Waals surface area contributed by atoms with Gasteiger partial charge in [0.05, 0.1) is 23.8 Å². The Bertz CT molecular complexity index is 817. The van der Waals surface area contributed by atoms with Gasteiger partial charge in [0.2, 0.25) is 5.91 Å². The maximum atomic E-state index is 12.0. The van der Waals surface area contributed by atoms with E-state index in [0.29, 0.717) is 17.6 Å². The molecule has 3 aromatic rings. The van der Waals surface area contributed by atoms with E-state index in [9.17, 15) is 4.79 Å². The molecule has 6 heteroatoms. The maximum absolute atomic E-state index is 12.0. The number of benzene rings is 1. The van der Waals surface area contributed by atoms with Crippen LogP contribution in [0.4, 0.5) is 5.82 Å². The molecule has 2 aromatic heterocycles. The van der Waals surface area contributed by atoms with Crippen molar-refractivity contribution < 1.29 is 9.32 Å². The molecule has 0 unspecified atom stereocenters. The van der Waals surface area contributed by atoms with E-state index in [1.165, 1.54) is 0 Å². The van der Waals surface area contributed by atoms with Gasteiger partial charge in [-0.3, -0.25) is 4.79 Å². The molecule has 0 saturated carbocycles. The van der Waals surface area contributed by atoms with Crippen LogP contribution in [0.25, 0.3) is 11.0 Å². The number of amides is 1. The number of aryl methyl sites for hydroxylation is 1. The van der Waals surface area contributed by atoms with Crippen LogP contribution in [0.2, 0.25) is 0 Å². The van der Waals surface area contributed by atoms with Crippen LogP contribution in [0.3, 0.4) is 0 Å². The second kappa shape index (κ2) is 5.63. The van der Waals surface area contributed by atoms with Crippen molar-refractivity contribution in [1.82, 2.24) is 14.7 Å². The normalized spacial score (nSPS) is 11.3. The standard InChI is InChI=1S/C16H18N4O2/c1-10(2)20-9-17-13-7-12(4-5-14(13)20)8-16(21)18-15-6-11(3)22-19-15/h4-7,9-10H,8H2,1-3H3,(H,18,19,21). The lowest BCUT2D eigenvalue weighted by molar-refractivity contribution is -0.115. The number of hydrogen-bond acceptors (Lipinski definition) is 4. The molecule has 3 rings (SSSR count). The number of aromatic nitrogens is 3. The smallest absolute Gasteiger partial charge is 0.230 e. The summed E-state index contributed by atoms with van der Waals surface area (Å²) in [6.45, 7) is 6.01. The maximum Gasteiger partial charge on any atom is 0.230 e. The van der Waals surface area contributed by atoms with Crippen LogP contribution in [0.15, 0.2) is 35.1 Å². The Morgan fingerprint density at radius 3 is 2.86 bits per heavy atom. The van der Waals surface area contributed by atoms with Crippen LogP contribution in [0, 0.1) is 6.92 Å². The highest BCUT2D eigenvalue weighted by Crippen LogP contribution is 2.19. The van der Waals surface area contributed by atoms with Gasteiger partial charge in [0, 0.05) is 12.1 Å². The van der Waals surface area contributed by atoms with E-state index in [1.807, 2.05) is 24.5 Å². The van der Waals surface area contributed by atoms with Gasteiger partial charge in [-0.05, 0) is 38.5 Å². The highest BCUT2D eigenvalue weighted by Gasteiger charge is 2.10. The molecule has 22 heavy (non-hydrogen) atoms. The summed E-state index contributed by atoms with van der Waals surface area (Å²) in [4.78, 5) is 16.4. The highest BCUT2D eigenvalue weighted by molar-refractivity contribution is 5.92. The van der Waals surface area contributed by atoms with Crippen molar-refractivity contribution in [3.63, 3.8) is 0 Å². The fourth-order valence-corrected chi connectivity index (χ4v) is 2.40. The number of fused-ring (bicyclic) bond motifs is 1. The van der Waals surface area contributed by atoms with E-state index in [1.54, 1.807) is 13.0 Å². The van der Waals surface area contributed by atoms with Crippen LogP contribution < -0.4 is 5.32 Å². The molecule has 114 valence electrons. The summed E-state index contributed by atoms with van der Waals surface area (Å²) in [6.07, 6.45) is 2.10. The summed E-state index contributed by atoms with van der Waals surface area (Å²) < 4.78 is 7.03. The van der Waals surface area contributed by atoms with E-state index < -0.39 is 0 Å². The van der Waals surface area contributed by atoms with Gasteiger partial charge >= 0.3 is 0 Å². The molecule has 0 spiro atoms. The number of anilines is 1. The Kier molecular flexibility index (Phi) is 3.66. The Labute approximate surface area is 128 Å². The number of carbonyl (C=O) groups excluding carboxylic acids is 1. The Morgan fingerprint density at radius 1 is 1.36 bits per heavy atom. The van der Waals surface area contributed by atoms with Crippen molar-refractivity contribution in [3.05, 3.63) is 41.9 Å². The number of imidazole rings is 1. The fraction of sp³-hybridized carbons (Fsp3) is 0.312. The van der Waals surface area contributed by atoms with Crippen molar-refractivity contribution in [2.45, 2.75) is 33.2 Å². The predicted octanol–water partition coefficient (Wildman–Crippen LogP) is 3.09. The summed E-state index contributed by atoms with van der Waals surface area (Å²) in [6, 6.07) is 7.95. The lowest BCUT2D eigenvalue weighted by Gasteiger charge is -2.08. The molecule has 0 aliphatic heterocycles. The van der Waals surface area contributed by atoms with Crippen LogP contribution in [-0.2, 0) is 11.2 Å². The first kappa shape index (κ1) is 14.3. The molecule has 1 amide bonds. The Morgan fingerprint density at radius 2 is 2.18 bits per heavy atom. The molecule has 0 saturated heterocycles. The lowest BCUT2D eigenvalue weighted by Crippen LogP contribution is -2.14. The van der Waals surface area contributed by atoms with Crippen molar-refractivity contribution in [3.8, 4) is 0 Å². The number of nitrogens with one attached hydrogen (secondary N) is 1. The van der Waals surface area contributed by atoms with Crippen molar-refractivity contribution in [1.29, 1.82) is 0 Å². The third-order valence-corrected chi connectivity index (χ3v) is 3.46. The quantitative estimate of drug-likeness (QED) is 0.803. The van der Waals surface area contributed by atoms with E-state index in [4.69, 9.17) is 4.52 Å². The van der Waals surface area contributed by atoms with Crippen molar-refractivity contribution in [2.24, 2.45) is 0 Å². The van der Waals surface area contributed by atoms with Crippen molar-refractivity contribution in [2.75, 3.05) is 5.32 Å². The number of carbonyl (C=O) groups is 1. The minimum atomic E-state index is -0.129. The topological polar surface area (TPSA) is 73.0 Å². The fourth-order valence-electron chi connectivity index (χ4n) is 2.40. The van der Waals surface area contributed by atoms with Gasteiger partial charge in [-0.15, -0.1) is 0 Å². The van der Waals surface area contributed by atoms with Gasteiger partial charge in [-0.25, -0.2) is 4.98 Å². The second-order valence-corrected chi connectivity index (χ2v) is 5.62. The van der Waals surface area contributed by atoms with Gasteiger partial charge in [-0.1, -0.05) is 11.2 Å². The van der Waals surface area contributed by atoms with E-state index >= 15 is 0 Å². The minimum Gasteiger partial charge on any atom is -0.360 e. The van der Waals surface area contributed by atoms with Crippen LogP contribution >= 0.6 is 0 Å². The van der Waals surface area contributed by atoms with E-state index in [0.717, 1.165) is 16.6 Å². The molecular formula is C16H18N4O2. The monoisotopic (exact) mass is 298 g/mol.